The molecule has 0 saturated carbocycles. The zero-order valence-electron chi connectivity index (χ0n) is 18.9. The van der Waals surface area contributed by atoms with Crippen LogP contribution in [0.3, 0.4) is 0 Å². The van der Waals surface area contributed by atoms with E-state index in [-0.39, 0.29) is 40.3 Å². The fourth-order valence-electron chi connectivity index (χ4n) is 3.00. The van der Waals surface area contributed by atoms with Crippen LogP contribution in [0.1, 0.15) is 12.5 Å². The van der Waals surface area contributed by atoms with Crippen molar-refractivity contribution in [1.82, 2.24) is 4.90 Å². The van der Waals surface area contributed by atoms with E-state index in [4.69, 9.17) is 25.8 Å². The molecule has 13 heteroatoms. The van der Waals surface area contributed by atoms with Gasteiger partial charge in [0.2, 0.25) is 5.91 Å². The fraction of sp³-hybridized carbons (Fsp3) is 0.217. The number of halogens is 3. The molecule has 1 heterocycles. The molecule has 3 amide bonds. The van der Waals surface area contributed by atoms with Crippen LogP contribution in [0.5, 0.6) is 11.5 Å². The van der Waals surface area contributed by atoms with Gasteiger partial charge in [0.05, 0.1) is 28.1 Å². The molecule has 0 bridgehead atoms. The Labute approximate surface area is 223 Å². The average molecular weight is 602 g/mol. The third-order valence-corrected chi connectivity index (χ3v) is 6.35. The van der Waals surface area contributed by atoms with Crippen LogP contribution in [0.25, 0.3) is 6.08 Å². The zero-order valence-corrected chi connectivity index (χ0v) is 22.1. The van der Waals surface area contributed by atoms with Gasteiger partial charge in [-0.2, -0.15) is 0 Å². The molecule has 36 heavy (non-hydrogen) atoms. The van der Waals surface area contributed by atoms with Crippen molar-refractivity contribution in [3.8, 4) is 11.5 Å². The van der Waals surface area contributed by atoms with Gasteiger partial charge in [-0.05, 0) is 76.6 Å². The number of thioether (sulfide) groups is 1. The molecule has 0 aliphatic carbocycles. The molecule has 2 aromatic rings. The Morgan fingerprint density at radius 2 is 2.00 bits per heavy atom. The molecule has 0 spiro atoms. The number of esters is 1. The lowest BCUT2D eigenvalue weighted by Gasteiger charge is -2.13. The second kappa shape index (κ2) is 12.2. The summed E-state index contributed by atoms with van der Waals surface area (Å²) in [5.41, 5.74) is 0.717. The Morgan fingerprint density at radius 3 is 2.67 bits per heavy atom. The molecule has 2 aromatic carbocycles. The topological polar surface area (TPSA) is 111 Å². The predicted octanol–water partition coefficient (Wildman–Crippen LogP) is 4.87. The Hall–Kier alpha value is -3.09. The minimum atomic E-state index is -0.659. The lowest BCUT2D eigenvalue weighted by Crippen LogP contribution is -2.36. The summed E-state index contributed by atoms with van der Waals surface area (Å²) >= 11 is 9.72. The summed E-state index contributed by atoms with van der Waals surface area (Å²) in [6.45, 7) is 1.04. The highest BCUT2D eigenvalue weighted by Gasteiger charge is 2.36. The van der Waals surface area contributed by atoms with E-state index < -0.39 is 35.4 Å². The number of rotatable bonds is 9. The number of ether oxygens (including phenoxy) is 3. The van der Waals surface area contributed by atoms with Crippen LogP contribution in [0.2, 0.25) is 5.02 Å². The highest BCUT2D eigenvalue weighted by atomic mass is 79.9. The number of hydrogen-bond acceptors (Lipinski definition) is 8. The minimum absolute atomic E-state index is 0.0896. The summed E-state index contributed by atoms with van der Waals surface area (Å²) in [4.78, 5) is 50.0. The third-order valence-electron chi connectivity index (χ3n) is 4.57. The van der Waals surface area contributed by atoms with Crippen LogP contribution in [0.4, 0.5) is 14.9 Å². The number of amides is 3. The number of carbonyl (C=O) groups is 4. The molecule has 0 atom stereocenters. The van der Waals surface area contributed by atoms with E-state index in [1.54, 1.807) is 19.1 Å². The maximum absolute atomic E-state index is 13.3. The van der Waals surface area contributed by atoms with Crippen molar-refractivity contribution in [3.05, 3.63) is 56.1 Å². The second-order valence-electron chi connectivity index (χ2n) is 7.07. The van der Waals surface area contributed by atoms with E-state index in [1.165, 1.54) is 25.3 Å². The van der Waals surface area contributed by atoms with Crippen LogP contribution in [0.15, 0.2) is 39.7 Å². The van der Waals surface area contributed by atoms with Crippen LogP contribution >= 0.6 is 39.3 Å². The van der Waals surface area contributed by atoms with Gasteiger partial charge in [-0.3, -0.25) is 19.3 Å². The van der Waals surface area contributed by atoms with Crippen molar-refractivity contribution < 1.29 is 37.8 Å². The maximum Gasteiger partial charge on any atom is 0.344 e. The van der Waals surface area contributed by atoms with Crippen LogP contribution < -0.4 is 14.8 Å². The van der Waals surface area contributed by atoms with Gasteiger partial charge in [0.15, 0.2) is 18.1 Å². The van der Waals surface area contributed by atoms with Gasteiger partial charge in [-0.1, -0.05) is 11.6 Å². The van der Waals surface area contributed by atoms with E-state index in [1.807, 2.05) is 0 Å². The van der Waals surface area contributed by atoms with E-state index in [0.29, 0.717) is 21.8 Å². The van der Waals surface area contributed by atoms with Gasteiger partial charge >= 0.3 is 5.97 Å². The first-order chi connectivity index (χ1) is 17.1. The Bertz CT molecular complexity index is 1260. The Kier molecular flexibility index (Phi) is 9.35. The molecule has 3 rings (SSSR count). The highest BCUT2D eigenvalue weighted by molar-refractivity contribution is 9.10. The van der Waals surface area contributed by atoms with Gasteiger partial charge in [-0.15, -0.1) is 0 Å². The molecule has 1 aliphatic rings. The third kappa shape index (κ3) is 6.77. The summed E-state index contributed by atoms with van der Waals surface area (Å²) in [6.07, 6.45) is 1.46. The van der Waals surface area contributed by atoms with Crippen LogP contribution in [0, 0.1) is 5.82 Å². The lowest BCUT2D eigenvalue weighted by atomic mass is 10.2. The molecule has 1 saturated heterocycles. The first kappa shape index (κ1) is 27.5. The number of anilines is 1. The molecule has 1 aliphatic heterocycles. The second-order valence-corrected chi connectivity index (χ2v) is 9.33. The number of benzene rings is 2. The summed E-state index contributed by atoms with van der Waals surface area (Å²) in [6, 6.07) is 6.78. The molecule has 0 unspecified atom stereocenters. The zero-order chi connectivity index (χ0) is 26.4. The van der Waals surface area contributed by atoms with Gasteiger partial charge in [-0.25, -0.2) is 9.18 Å². The first-order valence-corrected chi connectivity index (χ1v) is 12.3. The van der Waals surface area contributed by atoms with Crippen molar-refractivity contribution in [1.29, 1.82) is 0 Å². The SMILES string of the molecule is CCOC(=O)COc1c(Br)cc(/C=C2\SC(=O)N(CC(=O)Nc3ccc(F)c(Cl)c3)C2=O)cc1OC. The fourth-order valence-corrected chi connectivity index (χ4v) is 4.60. The smallest absolute Gasteiger partial charge is 0.344 e. The van der Waals surface area contributed by atoms with Gasteiger partial charge in [0, 0.05) is 5.69 Å². The maximum atomic E-state index is 13.3. The number of imide groups is 1. The van der Waals surface area contributed by atoms with Crippen molar-refractivity contribution in [2.75, 3.05) is 32.2 Å². The normalized spacial score (nSPS) is 14.2. The average Bonchev–Trinajstić information content (AvgIpc) is 3.07. The largest absolute Gasteiger partial charge is 0.493 e. The molecule has 1 fully saturated rings. The van der Waals surface area contributed by atoms with E-state index >= 15 is 0 Å². The highest BCUT2D eigenvalue weighted by Crippen LogP contribution is 2.39. The molecular formula is C23H19BrClFN2O7S. The number of nitrogens with one attached hydrogen (secondary N) is 1. The molecule has 190 valence electrons. The number of carbonyl (C=O) groups excluding carboxylic acids is 4. The monoisotopic (exact) mass is 600 g/mol. The van der Waals surface area contributed by atoms with Gasteiger partial charge in [0.1, 0.15) is 12.4 Å². The summed E-state index contributed by atoms with van der Waals surface area (Å²) in [7, 11) is 1.41. The van der Waals surface area contributed by atoms with E-state index in [9.17, 15) is 23.6 Å². The molecule has 9 nitrogen and oxygen atoms in total. The lowest BCUT2D eigenvalue weighted by molar-refractivity contribution is -0.145. The van der Waals surface area contributed by atoms with E-state index in [2.05, 4.69) is 21.2 Å². The van der Waals surface area contributed by atoms with Gasteiger partial charge in [0.25, 0.3) is 11.1 Å². The molecular weight excluding hydrogens is 583 g/mol. The van der Waals surface area contributed by atoms with E-state index in [0.717, 1.165) is 11.0 Å². The van der Waals surface area contributed by atoms with Crippen molar-refractivity contribution >= 4 is 74.1 Å². The summed E-state index contributed by atoms with van der Waals surface area (Å²) in [5.74, 6) is -1.98. The number of hydrogen-bond donors (Lipinski definition) is 1. The Morgan fingerprint density at radius 1 is 1.25 bits per heavy atom. The first-order valence-electron chi connectivity index (χ1n) is 10.3. The standard InChI is InChI=1S/C23H19BrClFN2O7S/c1-3-34-20(30)11-35-21-14(24)6-12(7-17(21)33-2)8-18-22(31)28(23(32)36-18)10-19(29)27-13-4-5-16(26)15(25)9-13/h4-9H,3,10-11H2,1-2H3,(H,27,29)/b18-8-. The predicted molar refractivity (Wildman–Crippen MR) is 136 cm³/mol. The quantitative estimate of drug-likeness (QED) is 0.320. The summed E-state index contributed by atoms with van der Waals surface area (Å²) < 4.78 is 29.4. The van der Waals surface area contributed by atoms with Crippen molar-refractivity contribution in [2.45, 2.75) is 6.92 Å². The Balaban J connectivity index is 1.72. The minimum Gasteiger partial charge on any atom is -0.493 e. The summed E-state index contributed by atoms with van der Waals surface area (Å²) in [5, 5.41) is 1.66. The van der Waals surface area contributed by atoms with Crippen molar-refractivity contribution in [2.24, 2.45) is 0 Å². The van der Waals surface area contributed by atoms with Crippen molar-refractivity contribution in [3.63, 3.8) is 0 Å². The molecule has 1 N–H and O–H groups in total. The molecule has 0 aromatic heterocycles. The molecule has 0 radical (unpaired) electrons. The van der Waals surface area contributed by atoms with Crippen LogP contribution in [-0.4, -0.2) is 54.8 Å². The van der Waals surface area contributed by atoms with Gasteiger partial charge < -0.3 is 19.5 Å². The van der Waals surface area contributed by atoms with Crippen LogP contribution in [-0.2, 0) is 19.1 Å². The number of nitrogens with zero attached hydrogens (tertiary/aromatic N) is 1. The number of methoxy groups -OCH3 is 1.